The molecular formula is C16H27NO. The van der Waals surface area contributed by atoms with Crippen LogP contribution >= 0.6 is 0 Å². The molecule has 0 aliphatic rings. The smallest absolute Gasteiger partial charge is 0.119 e. The maximum atomic E-state index is 6.03. The molecule has 1 unspecified atom stereocenters. The number of likely N-dealkylation sites (N-methyl/N-ethyl adjacent to an activating group) is 1. The van der Waals surface area contributed by atoms with Crippen molar-refractivity contribution in [3.63, 3.8) is 0 Å². The Morgan fingerprint density at radius 3 is 2.33 bits per heavy atom. The highest BCUT2D eigenvalue weighted by Crippen LogP contribution is 2.16. The van der Waals surface area contributed by atoms with E-state index in [1.165, 1.54) is 12.0 Å². The van der Waals surface area contributed by atoms with E-state index in [4.69, 9.17) is 4.74 Å². The van der Waals surface area contributed by atoms with Crippen LogP contribution in [0.3, 0.4) is 0 Å². The molecule has 1 N–H and O–H groups in total. The van der Waals surface area contributed by atoms with E-state index in [9.17, 15) is 0 Å². The number of hydrogen-bond donors (Lipinski definition) is 1. The van der Waals surface area contributed by atoms with E-state index >= 15 is 0 Å². The molecule has 2 nitrogen and oxygen atoms in total. The molecule has 0 amide bonds. The first-order valence-corrected chi connectivity index (χ1v) is 7.26. The molecule has 18 heavy (non-hydrogen) atoms. The Hall–Kier alpha value is -1.02. The normalized spacial score (nSPS) is 12.4. The van der Waals surface area contributed by atoms with Gasteiger partial charge in [0, 0.05) is 6.54 Å². The van der Waals surface area contributed by atoms with Crippen molar-refractivity contribution in [2.45, 2.75) is 52.6 Å². The van der Waals surface area contributed by atoms with E-state index < -0.39 is 0 Å². The predicted molar refractivity (Wildman–Crippen MR) is 78.3 cm³/mol. The molecule has 1 rings (SSSR count). The lowest BCUT2D eigenvalue weighted by Crippen LogP contribution is -2.31. The zero-order valence-electron chi connectivity index (χ0n) is 12.0. The van der Waals surface area contributed by atoms with Crippen LogP contribution in [0.2, 0.25) is 0 Å². The maximum Gasteiger partial charge on any atom is 0.119 e. The summed E-state index contributed by atoms with van der Waals surface area (Å²) in [6, 6.07) is 8.55. The van der Waals surface area contributed by atoms with Crippen molar-refractivity contribution in [2.24, 2.45) is 0 Å². The number of ether oxygens (including phenoxy) is 1. The van der Waals surface area contributed by atoms with Crippen molar-refractivity contribution in [3.8, 4) is 5.75 Å². The van der Waals surface area contributed by atoms with Gasteiger partial charge in [0.05, 0.1) is 0 Å². The second kappa shape index (κ2) is 8.98. The Labute approximate surface area is 112 Å². The summed E-state index contributed by atoms with van der Waals surface area (Å²) < 4.78 is 6.03. The van der Waals surface area contributed by atoms with Crippen LogP contribution in [0.1, 0.15) is 45.6 Å². The van der Waals surface area contributed by atoms with Crippen LogP contribution in [0, 0.1) is 0 Å². The summed E-state index contributed by atoms with van der Waals surface area (Å²) >= 11 is 0. The number of aryl methyl sites for hydroxylation is 1. The zero-order chi connectivity index (χ0) is 13.2. The van der Waals surface area contributed by atoms with Crippen molar-refractivity contribution < 1.29 is 4.74 Å². The monoisotopic (exact) mass is 249 g/mol. The molecule has 0 saturated heterocycles. The van der Waals surface area contributed by atoms with Gasteiger partial charge < -0.3 is 10.1 Å². The summed E-state index contributed by atoms with van der Waals surface area (Å²) in [7, 11) is 0. The van der Waals surface area contributed by atoms with Gasteiger partial charge in [-0.05, 0) is 37.1 Å². The average molecular weight is 249 g/mol. The topological polar surface area (TPSA) is 21.3 Å². The first-order valence-electron chi connectivity index (χ1n) is 7.26. The molecule has 0 saturated carbocycles. The zero-order valence-corrected chi connectivity index (χ0v) is 12.0. The van der Waals surface area contributed by atoms with E-state index in [1.54, 1.807) is 0 Å². The van der Waals surface area contributed by atoms with Crippen molar-refractivity contribution in [1.29, 1.82) is 0 Å². The molecule has 1 atom stereocenters. The Morgan fingerprint density at radius 1 is 1.06 bits per heavy atom. The second-order valence-corrected chi connectivity index (χ2v) is 4.73. The van der Waals surface area contributed by atoms with Gasteiger partial charge in [-0.3, -0.25) is 0 Å². The highest BCUT2D eigenvalue weighted by Gasteiger charge is 2.08. The van der Waals surface area contributed by atoms with E-state index in [0.717, 1.165) is 38.1 Å². The fraction of sp³-hybridized carbons (Fsp3) is 0.625. The van der Waals surface area contributed by atoms with Gasteiger partial charge in [-0.1, -0.05) is 45.7 Å². The summed E-state index contributed by atoms with van der Waals surface area (Å²) in [5, 5.41) is 3.36. The van der Waals surface area contributed by atoms with E-state index in [1.807, 2.05) is 0 Å². The van der Waals surface area contributed by atoms with Crippen molar-refractivity contribution in [1.82, 2.24) is 5.32 Å². The van der Waals surface area contributed by atoms with Gasteiger partial charge in [0.2, 0.25) is 0 Å². The summed E-state index contributed by atoms with van der Waals surface area (Å²) in [5.74, 6) is 0.992. The molecule has 0 bridgehead atoms. The molecule has 2 heteroatoms. The van der Waals surface area contributed by atoms with Gasteiger partial charge in [-0.2, -0.15) is 0 Å². The minimum atomic E-state index is 0.284. The van der Waals surface area contributed by atoms with Gasteiger partial charge in [-0.15, -0.1) is 0 Å². The first kappa shape index (κ1) is 15.0. The molecule has 1 aromatic carbocycles. The fourth-order valence-electron chi connectivity index (χ4n) is 2.05. The minimum absolute atomic E-state index is 0.284. The molecule has 0 spiro atoms. The quantitative estimate of drug-likeness (QED) is 0.719. The highest BCUT2D eigenvalue weighted by molar-refractivity contribution is 5.27. The third kappa shape index (κ3) is 5.54. The fourth-order valence-corrected chi connectivity index (χ4v) is 2.05. The third-order valence-electron chi connectivity index (χ3n) is 3.00. The molecule has 1 aromatic rings. The number of hydrogen-bond acceptors (Lipinski definition) is 2. The Balaban J connectivity index is 2.51. The van der Waals surface area contributed by atoms with Crippen molar-refractivity contribution in [3.05, 3.63) is 29.8 Å². The maximum absolute atomic E-state index is 6.03. The van der Waals surface area contributed by atoms with Gasteiger partial charge in [0.15, 0.2) is 0 Å². The number of rotatable bonds is 9. The Morgan fingerprint density at radius 2 is 1.78 bits per heavy atom. The largest absolute Gasteiger partial charge is 0.489 e. The van der Waals surface area contributed by atoms with Crippen LogP contribution in [0.15, 0.2) is 24.3 Å². The second-order valence-electron chi connectivity index (χ2n) is 4.73. The summed E-state index contributed by atoms with van der Waals surface area (Å²) in [5.41, 5.74) is 1.39. The van der Waals surface area contributed by atoms with Crippen LogP contribution < -0.4 is 10.1 Å². The van der Waals surface area contributed by atoms with Crippen LogP contribution in [-0.2, 0) is 6.42 Å². The van der Waals surface area contributed by atoms with Gasteiger partial charge >= 0.3 is 0 Å². The lowest BCUT2D eigenvalue weighted by molar-refractivity contribution is 0.187. The third-order valence-corrected chi connectivity index (χ3v) is 3.00. The van der Waals surface area contributed by atoms with Crippen molar-refractivity contribution >= 4 is 0 Å². The van der Waals surface area contributed by atoms with E-state index in [2.05, 4.69) is 50.4 Å². The Bertz CT molecular complexity index is 307. The standard InChI is InChI=1S/C16H27NO/c1-4-7-14-9-11-15(12-10-14)18-16(8-5-2)13-17-6-3/h9-12,16-17H,4-8,13H2,1-3H3. The summed E-state index contributed by atoms with van der Waals surface area (Å²) in [6.45, 7) is 8.47. The summed E-state index contributed by atoms with van der Waals surface area (Å²) in [4.78, 5) is 0. The van der Waals surface area contributed by atoms with Crippen molar-refractivity contribution in [2.75, 3.05) is 13.1 Å². The summed E-state index contributed by atoms with van der Waals surface area (Å²) in [6.07, 6.45) is 4.88. The predicted octanol–water partition coefficient (Wildman–Crippen LogP) is 3.80. The lowest BCUT2D eigenvalue weighted by Gasteiger charge is -2.19. The lowest BCUT2D eigenvalue weighted by atomic mass is 10.1. The minimum Gasteiger partial charge on any atom is -0.489 e. The Kier molecular flexibility index (Phi) is 7.51. The molecule has 0 fully saturated rings. The molecule has 0 aromatic heterocycles. The van der Waals surface area contributed by atoms with E-state index in [0.29, 0.717) is 0 Å². The van der Waals surface area contributed by atoms with Crippen LogP contribution in [0.4, 0.5) is 0 Å². The molecule has 0 radical (unpaired) electrons. The van der Waals surface area contributed by atoms with Gasteiger partial charge in [0.25, 0.3) is 0 Å². The van der Waals surface area contributed by atoms with Crippen LogP contribution in [0.25, 0.3) is 0 Å². The average Bonchev–Trinajstić information content (AvgIpc) is 2.39. The molecule has 102 valence electrons. The van der Waals surface area contributed by atoms with Crippen LogP contribution in [0.5, 0.6) is 5.75 Å². The van der Waals surface area contributed by atoms with Crippen LogP contribution in [-0.4, -0.2) is 19.2 Å². The first-order chi connectivity index (χ1) is 8.80. The SMILES string of the molecule is CCCc1ccc(OC(CCC)CNCC)cc1. The molecular weight excluding hydrogens is 222 g/mol. The van der Waals surface area contributed by atoms with Gasteiger partial charge in [-0.25, -0.2) is 0 Å². The number of benzene rings is 1. The molecule has 0 aliphatic carbocycles. The number of nitrogens with one attached hydrogen (secondary N) is 1. The highest BCUT2D eigenvalue weighted by atomic mass is 16.5. The molecule has 0 heterocycles. The van der Waals surface area contributed by atoms with Gasteiger partial charge in [0.1, 0.15) is 11.9 Å². The van der Waals surface area contributed by atoms with E-state index in [-0.39, 0.29) is 6.10 Å². The molecule has 0 aliphatic heterocycles.